The number of carbonyl (C=O) groups excluding carboxylic acids is 1. The van der Waals surface area contributed by atoms with Crippen LogP contribution in [0.4, 0.5) is 0 Å². The van der Waals surface area contributed by atoms with Crippen molar-refractivity contribution in [2.24, 2.45) is 0 Å². The lowest BCUT2D eigenvalue weighted by atomic mass is 10.1. The maximum Gasteiger partial charge on any atom is 0.241 e. The molecule has 3 unspecified atom stereocenters. The Balaban J connectivity index is 1.88. The number of hydrogen-bond donors (Lipinski definition) is 1. The van der Waals surface area contributed by atoms with Gasteiger partial charge in [-0.25, -0.2) is 8.42 Å². The zero-order chi connectivity index (χ0) is 15.0. The van der Waals surface area contributed by atoms with Gasteiger partial charge in [0.15, 0.2) is 9.84 Å². The van der Waals surface area contributed by atoms with E-state index in [9.17, 15) is 13.2 Å². The first-order valence-electron chi connectivity index (χ1n) is 7.32. The molecule has 7 heteroatoms. The van der Waals surface area contributed by atoms with Crippen LogP contribution in [-0.4, -0.2) is 42.8 Å². The summed E-state index contributed by atoms with van der Waals surface area (Å²) in [5.41, 5.74) is 1.05. The van der Waals surface area contributed by atoms with Gasteiger partial charge >= 0.3 is 0 Å². The van der Waals surface area contributed by atoms with E-state index in [0.29, 0.717) is 6.42 Å². The van der Waals surface area contributed by atoms with Crippen LogP contribution in [0.15, 0.2) is 16.8 Å². The number of carbonyl (C=O) groups is 1. The highest BCUT2D eigenvalue weighted by Crippen LogP contribution is 2.33. The van der Waals surface area contributed by atoms with E-state index in [2.05, 4.69) is 12.2 Å². The fraction of sp³-hybridized carbons (Fsp3) is 0.643. The van der Waals surface area contributed by atoms with E-state index in [1.807, 2.05) is 16.8 Å². The van der Waals surface area contributed by atoms with Gasteiger partial charge < -0.3 is 4.90 Å². The van der Waals surface area contributed by atoms with Crippen molar-refractivity contribution in [1.29, 1.82) is 0 Å². The number of nitrogens with one attached hydrogen (secondary N) is 1. The van der Waals surface area contributed by atoms with Crippen molar-refractivity contribution in [3.05, 3.63) is 22.4 Å². The maximum absolute atomic E-state index is 12.7. The van der Waals surface area contributed by atoms with Gasteiger partial charge in [0, 0.05) is 6.04 Å². The monoisotopic (exact) mass is 328 g/mol. The van der Waals surface area contributed by atoms with Gasteiger partial charge in [0.1, 0.15) is 6.17 Å². The summed E-state index contributed by atoms with van der Waals surface area (Å²) < 4.78 is 23.5. The van der Waals surface area contributed by atoms with Crippen LogP contribution in [0.3, 0.4) is 0 Å². The van der Waals surface area contributed by atoms with Gasteiger partial charge in [-0.3, -0.25) is 10.1 Å². The Hall–Kier alpha value is -0.920. The Labute approximate surface area is 129 Å². The van der Waals surface area contributed by atoms with Crippen LogP contribution in [0.25, 0.3) is 0 Å². The first kappa shape index (κ1) is 15.0. The molecule has 1 amide bonds. The van der Waals surface area contributed by atoms with Gasteiger partial charge in [-0.05, 0) is 35.2 Å². The molecular weight excluding hydrogens is 308 g/mol. The second-order valence-electron chi connectivity index (χ2n) is 5.77. The largest absolute Gasteiger partial charge is 0.317 e. The van der Waals surface area contributed by atoms with Gasteiger partial charge in [0.05, 0.1) is 17.5 Å². The van der Waals surface area contributed by atoms with Gasteiger partial charge in [-0.1, -0.05) is 13.3 Å². The van der Waals surface area contributed by atoms with Crippen molar-refractivity contribution in [2.75, 3.05) is 11.5 Å². The summed E-state index contributed by atoms with van der Waals surface area (Å²) in [4.78, 5) is 14.5. The van der Waals surface area contributed by atoms with Crippen LogP contribution in [0.2, 0.25) is 0 Å². The number of amides is 1. The van der Waals surface area contributed by atoms with Crippen molar-refractivity contribution in [1.82, 2.24) is 10.2 Å². The lowest BCUT2D eigenvalue weighted by Crippen LogP contribution is -2.40. The normalized spacial score (nSPS) is 32.0. The Morgan fingerprint density at radius 2 is 2.29 bits per heavy atom. The Morgan fingerprint density at radius 3 is 2.86 bits per heavy atom. The molecule has 0 bridgehead atoms. The lowest BCUT2D eigenvalue weighted by Gasteiger charge is -2.29. The molecule has 3 atom stereocenters. The molecule has 116 valence electrons. The summed E-state index contributed by atoms with van der Waals surface area (Å²) in [5.74, 6) is 0.339. The third-order valence-electron chi connectivity index (χ3n) is 4.23. The molecule has 2 saturated heterocycles. The molecule has 2 aliphatic rings. The Kier molecular flexibility index (Phi) is 4.07. The molecule has 21 heavy (non-hydrogen) atoms. The van der Waals surface area contributed by atoms with Crippen molar-refractivity contribution in [3.63, 3.8) is 0 Å². The maximum atomic E-state index is 12.7. The molecule has 0 aliphatic carbocycles. The molecule has 3 heterocycles. The van der Waals surface area contributed by atoms with Crippen molar-refractivity contribution < 1.29 is 13.2 Å². The zero-order valence-corrected chi connectivity index (χ0v) is 13.6. The summed E-state index contributed by atoms with van der Waals surface area (Å²) >= 11 is 1.59. The van der Waals surface area contributed by atoms with E-state index >= 15 is 0 Å². The minimum atomic E-state index is -3.00. The molecule has 3 rings (SSSR count). The molecule has 0 saturated carbocycles. The average molecular weight is 328 g/mol. The summed E-state index contributed by atoms with van der Waals surface area (Å²) in [6.07, 6.45) is 2.08. The summed E-state index contributed by atoms with van der Waals surface area (Å²) in [6.45, 7) is 2.05. The Bertz CT molecular complexity index is 612. The summed E-state index contributed by atoms with van der Waals surface area (Å²) in [7, 11) is -3.00. The molecular formula is C14H20N2O3S2. The third-order valence-corrected chi connectivity index (χ3v) is 6.68. The molecule has 5 nitrogen and oxygen atoms in total. The van der Waals surface area contributed by atoms with E-state index in [0.717, 1.165) is 18.4 Å². The first-order valence-corrected chi connectivity index (χ1v) is 10.1. The van der Waals surface area contributed by atoms with Crippen molar-refractivity contribution >= 4 is 27.1 Å². The molecule has 0 radical (unpaired) electrons. The highest BCUT2D eigenvalue weighted by molar-refractivity contribution is 7.91. The van der Waals surface area contributed by atoms with E-state index in [1.165, 1.54) is 0 Å². The molecule has 2 fully saturated rings. The van der Waals surface area contributed by atoms with E-state index in [1.54, 1.807) is 16.2 Å². The van der Waals surface area contributed by atoms with E-state index < -0.39 is 9.84 Å². The number of hydrogen-bond acceptors (Lipinski definition) is 5. The van der Waals surface area contributed by atoms with Crippen LogP contribution in [0, 0.1) is 0 Å². The quantitative estimate of drug-likeness (QED) is 0.910. The number of thiophene rings is 1. The summed E-state index contributed by atoms with van der Waals surface area (Å²) in [5, 5.41) is 7.39. The fourth-order valence-corrected chi connectivity index (χ4v) is 5.61. The molecule has 2 aliphatic heterocycles. The second kappa shape index (κ2) is 5.70. The predicted molar refractivity (Wildman–Crippen MR) is 82.8 cm³/mol. The van der Waals surface area contributed by atoms with E-state index in [-0.39, 0.29) is 35.7 Å². The van der Waals surface area contributed by atoms with Crippen LogP contribution >= 0.6 is 11.3 Å². The molecule has 1 aromatic heterocycles. The van der Waals surface area contributed by atoms with Gasteiger partial charge in [-0.2, -0.15) is 11.3 Å². The van der Waals surface area contributed by atoms with Crippen molar-refractivity contribution in [3.8, 4) is 0 Å². The van der Waals surface area contributed by atoms with Gasteiger partial charge in [0.2, 0.25) is 5.91 Å². The first-order chi connectivity index (χ1) is 10.0. The SMILES string of the molecule is CCCC1NC(c2ccsc2)N(C2CCS(=O)(=O)C2)C1=O. The molecule has 0 spiro atoms. The second-order valence-corrected chi connectivity index (χ2v) is 8.78. The van der Waals surface area contributed by atoms with E-state index in [4.69, 9.17) is 0 Å². The minimum Gasteiger partial charge on any atom is -0.317 e. The third kappa shape index (κ3) is 2.86. The average Bonchev–Trinajstić information content (AvgIpc) is 3.11. The van der Waals surface area contributed by atoms with Gasteiger partial charge in [-0.15, -0.1) is 0 Å². The molecule has 0 aromatic carbocycles. The number of nitrogens with zero attached hydrogens (tertiary/aromatic N) is 1. The highest BCUT2D eigenvalue weighted by Gasteiger charge is 2.45. The smallest absolute Gasteiger partial charge is 0.241 e. The number of sulfone groups is 1. The van der Waals surface area contributed by atoms with Crippen molar-refractivity contribution in [2.45, 2.75) is 44.4 Å². The van der Waals surface area contributed by atoms with Crippen LogP contribution < -0.4 is 5.32 Å². The standard InChI is InChI=1S/C14H20N2O3S2/c1-2-3-12-14(17)16(11-5-7-21(18,19)9-11)13(15-12)10-4-6-20-8-10/h4,6,8,11-13,15H,2-3,5,7,9H2,1H3. The summed E-state index contributed by atoms with van der Waals surface area (Å²) in [6, 6.07) is 1.62. The molecule has 1 aromatic rings. The van der Waals surface area contributed by atoms with Crippen LogP contribution in [0.5, 0.6) is 0 Å². The predicted octanol–water partition coefficient (Wildman–Crippen LogP) is 1.53. The van der Waals surface area contributed by atoms with Crippen LogP contribution in [-0.2, 0) is 14.6 Å². The van der Waals surface area contributed by atoms with Gasteiger partial charge in [0.25, 0.3) is 0 Å². The Morgan fingerprint density at radius 1 is 1.48 bits per heavy atom. The minimum absolute atomic E-state index is 0.0511. The lowest BCUT2D eigenvalue weighted by molar-refractivity contribution is -0.132. The number of rotatable bonds is 4. The van der Waals surface area contributed by atoms with Crippen LogP contribution in [0.1, 0.15) is 37.9 Å². The highest BCUT2D eigenvalue weighted by atomic mass is 32.2. The topological polar surface area (TPSA) is 66.5 Å². The zero-order valence-electron chi connectivity index (χ0n) is 12.0. The fourth-order valence-electron chi connectivity index (χ4n) is 3.22. The molecule has 1 N–H and O–H groups in total.